The van der Waals surface area contributed by atoms with E-state index in [1.54, 1.807) is 0 Å². The molecule has 0 fully saturated rings. The lowest BCUT2D eigenvalue weighted by atomic mass is 10.2. The zero-order valence-corrected chi connectivity index (χ0v) is 7.87. The Morgan fingerprint density at radius 3 is 2.58 bits per heavy atom. The highest BCUT2D eigenvalue weighted by Gasteiger charge is 2.09. The Morgan fingerprint density at radius 1 is 1.50 bits per heavy atom. The molecule has 2 N–H and O–H groups in total. The van der Waals surface area contributed by atoms with Gasteiger partial charge in [0.2, 0.25) is 0 Å². The van der Waals surface area contributed by atoms with Crippen LogP contribution in [0.4, 0.5) is 5.88 Å². The van der Waals surface area contributed by atoms with Gasteiger partial charge in [-0.3, -0.25) is 0 Å². The minimum absolute atomic E-state index is 0.0266. The maximum absolute atomic E-state index is 5.80. The zero-order chi connectivity index (χ0) is 9.14. The maximum Gasteiger partial charge on any atom is 0.195 e. The van der Waals surface area contributed by atoms with Crippen LogP contribution in [0.25, 0.3) is 0 Å². The van der Waals surface area contributed by atoms with Crippen molar-refractivity contribution in [1.82, 2.24) is 0 Å². The van der Waals surface area contributed by atoms with Crippen molar-refractivity contribution in [1.29, 1.82) is 0 Å². The summed E-state index contributed by atoms with van der Waals surface area (Å²) in [6, 6.07) is 3.90. The molecule has 0 saturated carbocycles. The molecular formula is C9H16N2O. The van der Waals surface area contributed by atoms with Crippen LogP contribution in [0.2, 0.25) is 0 Å². The molecule has 0 amide bonds. The largest absolute Gasteiger partial charge is 0.444 e. The second kappa shape index (κ2) is 3.63. The van der Waals surface area contributed by atoms with Crippen molar-refractivity contribution < 1.29 is 4.42 Å². The summed E-state index contributed by atoms with van der Waals surface area (Å²) in [4.78, 5) is 1.92. The summed E-state index contributed by atoms with van der Waals surface area (Å²) in [7, 11) is 3.89. The van der Waals surface area contributed by atoms with Crippen molar-refractivity contribution >= 4 is 5.88 Å². The molecule has 3 nitrogen and oxygen atoms in total. The van der Waals surface area contributed by atoms with Crippen LogP contribution in [-0.2, 0) is 0 Å². The molecule has 1 rings (SSSR count). The molecule has 0 aliphatic rings. The summed E-state index contributed by atoms with van der Waals surface area (Å²) in [6.07, 6.45) is 0.903. The second-order valence-corrected chi connectivity index (χ2v) is 3.09. The molecule has 0 aliphatic carbocycles. The van der Waals surface area contributed by atoms with E-state index in [4.69, 9.17) is 10.2 Å². The molecule has 0 spiro atoms. The van der Waals surface area contributed by atoms with Crippen molar-refractivity contribution in [3.05, 3.63) is 17.9 Å². The lowest BCUT2D eigenvalue weighted by Crippen LogP contribution is -2.09. The predicted molar refractivity (Wildman–Crippen MR) is 50.3 cm³/mol. The summed E-state index contributed by atoms with van der Waals surface area (Å²) in [5, 5.41) is 0. The molecule has 3 heteroatoms. The molecule has 1 heterocycles. The smallest absolute Gasteiger partial charge is 0.195 e. The average molecular weight is 168 g/mol. The van der Waals surface area contributed by atoms with Crippen LogP contribution in [0.5, 0.6) is 0 Å². The fourth-order valence-corrected chi connectivity index (χ4v) is 0.983. The van der Waals surface area contributed by atoms with Gasteiger partial charge in [-0.25, -0.2) is 0 Å². The highest BCUT2D eigenvalue weighted by atomic mass is 16.4. The fourth-order valence-electron chi connectivity index (χ4n) is 0.983. The Labute approximate surface area is 73.2 Å². The Bertz CT molecular complexity index is 242. The lowest BCUT2D eigenvalue weighted by molar-refractivity contribution is 0.462. The van der Waals surface area contributed by atoms with Crippen molar-refractivity contribution in [2.45, 2.75) is 19.4 Å². The average Bonchev–Trinajstić information content (AvgIpc) is 2.51. The van der Waals surface area contributed by atoms with Crippen LogP contribution in [0.1, 0.15) is 25.1 Å². The molecular weight excluding hydrogens is 152 g/mol. The van der Waals surface area contributed by atoms with Crippen LogP contribution in [-0.4, -0.2) is 14.1 Å². The van der Waals surface area contributed by atoms with Crippen molar-refractivity contribution in [2.24, 2.45) is 5.73 Å². The number of hydrogen-bond donors (Lipinski definition) is 1. The van der Waals surface area contributed by atoms with Gasteiger partial charge in [0.25, 0.3) is 0 Å². The van der Waals surface area contributed by atoms with Crippen molar-refractivity contribution in [2.75, 3.05) is 19.0 Å². The van der Waals surface area contributed by atoms with E-state index in [1.807, 2.05) is 38.1 Å². The monoisotopic (exact) mass is 168 g/mol. The Balaban J connectivity index is 2.77. The minimum Gasteiger partial charge on any atom is -0.444 e. The Hall–Kier alpha value is -0.960. The third-order valence-corrected chi connectivity index (χ3v) is 1.86. The van der Waals surface area contributed by atoms with Gasteiger partial charge in [0.1, 0.15) is 5.76 Å². The number of hydrogen-bond acceptors (Lipinski definition) is 3. The first kappa shape index (κ1) is 9.13. The maximum atomic E-state index is 5.80. The Kier molecular flexibility index (Phi) is 2.76. The van der Waals surface area contributed by atoms with Crippen molar-refractivity contribution in [3.63, 3.8) is 0 Å². The van der Waals surface area contributed by atoms with E-state index in [-0.39, 0.29) is 6.04 Å². The summed E-state index contributed by atoms with van der Waals surface area (Å²) < 4.78 is 5.50. The number of anilines is 1. The van der Waals surface area contributed by atoms with Crippen LogP contribution in [0, 0.1) is 0 Å². The molecule has 0 aliphatic heterocycles. The van der Waals surface area contributed by atoms with E-state index < -0.39 is 0 Å². The number of rotatable bonds is 3. The molecule has 0 radical (unpaired) electrons. The molecule has 1 unspecified atom stereocenters. The van der Waals surface area contributed by atoms with Crippen LogP contribution >= 0.6 is 0 Å². The second-order valence-electron chi connectivity index (χ2n) is 3.09. The van der Waals surface area contributed by atoms with E-state index in [1.165, 1.54) is 0 Å². The summed E-state index contributed by atoms with van der Waals surface area (Å²) in [5.41, 5.74) is 5.80. The summed E-state index contributed by atoms with van der Waals surface area (Å²) >= 11 is 0. The normalized spacial score (nSPS) is 13.0. The molecule has 1 aromatic rings. The van der Waals surface area contributed by atoms with Gasteiger partial charge in [0.05, 0.1) is 6.04 Å². The summed E-state index contributed by atoms with van der Waals surface area (Å²) in [6.45, 7) is 2.04. The highest BCUT2D eigenvalue weighted by molar-refractivity contribution is 5.34. The SMILES string of the molecule is CCC(N)c1ccc(N(C)C)o1. The standard InChI is InChI=1S/C9H16N2O/c1-4-7(10)8-5-6-9(12-8)11(2)3/h5-7H,4,10H2,1-3H3. The van der Waals surface area contributed by atoms with Gasteiger partial charge in [0, 0.05) is 20.2 Å². The number of furan rings is 1. The van der Waals surface area contributed by atoms with E-state index in [9.17, 15) is 0 Å². The van der Waals surface area contributed by atoms with E-state index in [2.05, 4.69) is 0 Å². The molecule has 68 valence electrons. The van der Waals surface area contributed by atoms with Gasteiger partial charge in [-0.2, -0.15) is 0 Å². The van der Waals surface area contributed by atoms with Gasteiger partial charge in [-0.05, 0) is 12.5 Å². The fraction of sp³-hybridized carbons (Fsp3) is 0.556. The highest BCUT2D eigenvalue weighted by Crippen LogP contribution is 2.21. The van der Waals surface area contributed by atoms with Crippen LogP contribution in [0.3, 0.4) is 0 Å². The number of nitrogens with two attached hydrogens (primary N) is 1. The zero-order valence-electron chi connectivity index (χ0n) is 7.87. The molecule has 0 saturated heterocycles. The van der Waals surface area contributed by atoms with Crippen LogP contribution in [0.15, 0.2) is 16.5 Å². The minimum atomic E-state index is 0.0266. The van der Waals surface area contributed by atoms with Gasteiger partial charge in [0.15, 0.2) is 5.88 Å². The first-order valence-corrected chi connectivity index (χ1v) is 4.17. The van der Waals surface area contributed by atoms with Gasteiger partial charge >= 0.3 is 0 Å². The van der Waals surface area contributed by atoms with E-state index in [0.717, 1.165) is 18.1 Å². The third kappa shape index (κ3) is 1.80. The molecule has 1 atom stereocenters. The molecule has 0 aromatic carbocycles. The first-order chi connectivity index (χ1) is 5.65. The molecule has 0 bridgehead atoms. The predicted octanol–water partition coefficient (Wildman–Crippen LogP) is 1.76. The summed E-state index contributed by atoms with van der Waals surface area (Å²) in [5.74, 6) is 1.72. The molecule has 1 aromatic heterocycles. The first-order valence-electron chi connectivity index (χ1n) is 4.17. The lowest BCUT2D eigenvalue weighted by Gasteiger charge is -2.08. The van der Waals surface area contributed by atoms with Crippen LogP contribution < -0.4 is 10.6 Å². The quantitative estimate of drug-likeness (QED) is 0.747. The van der Waals surface area contributed by atoms with Crippen molar-refractivity contribution in [3.8, 4) is 0 Å². The van der Waals surface area contributed by atoms with Gasteiger partial charge in [-0.15, -0.1) is 0 Å². The molecule has 12 heavy (non-hydrogen) atoms. The van der Waals surface area contributed by atoms with Gasteiger partial charge in [-0.1, -0.05) is 6.92 Å². The topological polar surface area (TPSA) is 42.4 Å². The third-order valence-electron chi connectivity index (χ3n) is 1.86. The number of nitrogens with zero attached hydrogens (tertiary/aromatic N) is 1. The van der Waals surface area contributed by atoms with Gasteiger partial charge < -0.3 is 15.1 Å². The van der Waals surface area contributed by atoms with E-state index in [0.29, 0.717) is 0 Å². The Morgan fingerprint density at radius 2 is 2.17 bits per heavy atom. The van der Waals surface area contributed by atoms with E-state index >= 15 is 0 Å².